The smallest absolute Gasteiger partial charge is 0.0621 e. The number of nitriles is 1. The molecule has 0 N–H and O–H groups in total. The number of hydrogen-bond acceptors (Lipinski definition) is 1. The molecule has 0 amide bonds. The Kier molecular flexibility index (Phi) is 2.57. The number of rotatable bonds is 2. The SMILES string of the molecule is N#CCC[C]1CCCC1. The maximum atomic E-state index is 8.26. The minimum atomic E-state index is 0.731. The second-order valence-corrected chi connectivity index (χ2v) is 2.62. The van der Waals surface area contributed by atoms with Crippen molar-refractivity contribution >= 4 is 0 Å². The van der Waals surface area contributed by atoms with E-state index in [0.717, 1.165) is 12.8 Å². The summed E-state index contributed by atoms with van der Waals surface area (Å²) in [5.74, 6) is 1.62. The van der Waals surface area contributed by atoms with E-state index in [1.54, 1.807) is 5.92 Å². The highest BCUT2D eigenvalue weighted by Crippen LogP contribution is 2.30. The van der Waals surface area contributed by atoms with Gasteiger partial charge in [0.1, 0.15) is 0 Å². The highest BCUT2D eigenvalue weighted by atomic mass is 14.2. The first kappa shape index (κ1) is 6.61. The summed E-state index contributed by atoms with van der Waals surface area (Å²) in [5, 5.41) is 8.26. The summed E-state index contributed by atoms with van der Waals surface area (Å²) in [6.07, 6.45) is 7.11. The van der Waals surface area contributed by atoms with Gasteiger partial charge in [-0.1, -0.05) is 12.8 Å². The van der Waals surface area contributed by atoms with Crippen LogP contribution in [0.15, 0.2) is 0 Å². The van der Waals surface area contributed by atoms with Crippen LogP contribution in [0.3, 0.4) is 0 Å². The topological polar surface area (TPSA) is 23.8 Å². The summed E-state index contributed by atoms with van der Waals surface area (Å²) < 4.78 is 0. The van der Waals surface area contributed by atoms with Crippen LogP contribution in [-0.4, -0.2) is 0 Å². The van der Waals surface area contributed by atoms with Gasteiger partial charge >= 0.3 is 0 Å². The average molecular weight is 122 g/mol. The third kappa shape index (κ3) is 2.05. The van der Waals surface area contributed by atoms with Gasteiger partial charge in [-0.15, -0.1) is 0 Å². The van der Waals surface area contributed by atoms with Crippen molar-refractivity contribution in [3.05, 3.63) is 5.92 Å². The summed E-state index contributed by atoms with van der Waals surface area (Å²) >= 11 is 0. The van der Waals surface area contributed by atoms with E-state index in [2.05, 4.69) is 6.07 Å². The Morgan fingerprint density at radius 3 is 2.56 bits per heavy atom. The van der Waals surface area contributed by atoms with Crippen LogP contribution in [0.5, 0.6) is 0 Å². The van der Waals surface area contributed by atoms with E-state index in [0.29, 0.717) is 0 Å². The maximum absolute atomic E-state index is 8.26. The Morgan fingerprint density at radius 1 is 1.33 bits per heavy atom. The van der Waals surface area contributed by atoms with Gasteiger partial charge < -0.3 is 0 Å². The lowest BCUT2D eigenvalue weighted by atomic mass is 10.0. The second kappa shape index (κ2) is 3.50. The van der Waals surface area contributed by atoms with E-state index in [1.165, 1.54) is 25.7 Å². The van der Waals surface area contributed by atoms with Crippen LogP contribution in [0.25, 0.3) is 0 Å². The lowest BCUT2D eigenvalue weighted by Crippen LogP contribution is -1.87. The number of nitrogens with zero attached hydrogens (tertiary/aromatic N) is 1. The van der Waals surface area contributed by atoms with Gasteiger partial charge in [0.05, 0.1) is 6.07 Å². The van der Waals surface area contributed by atoms with Crippen LogP contribution in [0.2, 0.25) is 0 Å². The Labute approximate surface area is 56.7 Å². The molecular weight excluding hydrogens is 110 g/mol. The van der Waals surface area contributed by atoms with E-state index >= 15 is 0 Å². The van der Waals surface area contributed by atoms with Crippen molar-refractivity contribution in [3.8, 4) is 6.07 Å². The fourth-order valence-electron chi connectivity index (χ4n) is 1.36. The first-order valence-corrected chi connectivity index (χ1v) is 3.64. The second-order valence-electron chi connectivity index (χ2n) is 2.62. The van der Waals surface area contributed by atoms with Gasteiger partial charge in [0, 0.05) is 6.42 Å². The quantitative estimate of drug-likeness (QED) is 0.551. The Bertz CT molecular complexity index is 106. The molecule has 49 valence electrons. The number of hydrogen-bond donors (Lipinski definition) is 0. The Balaban J connectivity index is 2.06. The third-order valence-corrected chi connectivity index (χ3v) is 1.90. The van der Waals surface area contributed by atoms with Crippen molar-refractivity contribution in [2.45, 2.75) is 38.5 Å². The van der Waals surface area contributed by atoms with Crippen LogP contribution in [0, 0.1) is 17.2 Å². The van der Waals surface area contributed by atoms with Gasteiger partial charge in [-0.2, -0.15) is 5.26 Å². The van der Waals surface area contributed by atoms with Crippen molar-refractivity contribution in [1.29, 1.82) is 5.26 Å². The average Bonchev–Trinajstić information content (AvgIpc) is 2.34. The molecule has 0 unspecified atom stereocenters. The van der Waals surface area contributed by atoms with Gasteiger partial charge in [-0.3, -0.25) is 0 Å². The molecule has 1 aliphatic rings. The van der Waals surface area contributed by atoms with Crippen LogP contribution >= 0.6 is 0 Å². The highest BCUT2D eigenvalue weighted by molar-refractivity contribution is 4.96. The van der Waals surface area contributed by atoms with Gasteiger partial charge in [-0.05, 0) is 25.2 Å². The fourth-order valence-corrected chi connectivity index (χ4v) is 1.36. The zero-order valence-electron chi connectivity index (χ0n) is 5.69. The van der Waals surface area contributed by atoms with Gasteiger partial charge in [-0.25, -0.2) is 0 Å². The van der Waals surface area contributed by atoms with Crippen molar-refractivity contribution in [2.75, 3.05) is 0 Å². The molecule has 9 heavy (non-hydrogen) atoms. The summed E-state index contributed by atoms with van der Waals surface area (Å²) in [5.41, 5.74) is 0. The molecule has 1 aliphatic carbocycles. The third-order valence-electron chi connectivity index (χ3n) is 1.90. The van der Waals surface area contributed by atoms with E-state index in [4.69, 9.17) is 5.26 Å². The van der Waals surface area contributed by atoms with Crippen LogP contribution in [0.1, 0.15) is 38.5 Å². The molecule has 0 atom stereocenters. The molecule has 1 saturated carbocycles. The standard InChI is InChI=1S/C8H12N/c9-7-3-6-8-4-1-2-5-8/h1-6H2. The van der Waals surface area contributed by atoms with E-state index < -0.39 is 0 Å². The molecular formula is C8H12N. The van der Waals surface area contributed by atoms with Crippen LogP contribution < -0.4 is 0 Å². The van der Waals surface area contributed by atoms with E-state index in [-0.39, 0.29) is 0 Å². The predicted octanol–water partition coefficient (Wildman–Crippen LogP) is 2.44. The van der Waals surface area contributed by atoms with Crippen molar-refractivity contribution in [2.24, 2.45) is 0 Å². The predicted molar refractivity (Wildman–Crippen MR) is 36.6 cm³/mol. The first-order valence-electron chi connectivity index (χ1n) is 3.64. The lowest BCUT2D eigenvalue weighted by Gasteiger charge is -2.01. The van der Waals surface area contributed by atoms with Crippen LogP contribution in [-0.2, 0) is 0 Å². The molecule has 0 aliphatic heterocycles. The van der Waals surface area contributed by atoms with E-state index in [1.807, 2.05) is 0 Å². The highest BCUT2D eigenvalue weighted by Gasteiger charge is 2.13. The van der Waals surface area contributed by atoms with Crippen LogP contribution in [0.4, 0.5) is 0 Å². The Hall–Kier alpha value is -0.510. The van der Waals surface area contributed by atoms with Gasteiger partial charge in [0.25, 0.3) is 0 Å². The molecule has 0 bridgehead atoms. The van der Waals surface area contributed by atoms with Crippen molar-refractivity contribution in [3.63, 3.8) is 0 Å². The summed E-state index contributed by atoms with van der Waals surface area (Å²) in [4.78, 5) is 0. The molecule has 0 aromatic heterocycles. The minimum Gasteiger partial charge on any atom is -0.198 e. The first-order chi connectivity index (χ1) is 4.43. The van der Waals surface area contributed by atoms with Gasteiger partial charge in [0.2, 0.25) is 0 Å². The summed E-state index contributed by atoms with van der Waals surface area (Å²) in [7, 11) is 0. The molecule has 1 fully saturated rings. The zero-order chi connectivity index (χ0) is 6.53. The zero-order valence-corrected chi connectivity index (χ0v) is 5.69. The molecule has 0 spiro atoms. The molecule has 0 aromatic carbocycles. The Morgan fingerprint density at radius 2 is 2.00 bits per heavy atom. The molecule has 0 saturated heterocycles. The lowest BCUT2D eigenvalue weighted by molar-refractivity contribution is 0.775. The summed E-state index contributed by atoms with van der Waals surface area (Å²) in [6, 6.07) is 2.17. The van der Waals surface area contributed by atoms with Gasteiger partial charge in [0.15, 0.2) is 0 Å². The van der Waals surface area contributed by atoms with Crippen molar-refractivity contribution < 1.29 is 0 Å². The molecule has 0 heterocycles. The molecule has 1 rings (SSSR count). The monoisotopic (exact) mass is 122 g/mol. The summed E-state index contributed by atoms with van der Waals surface area (Å²) in [6.45, 7) is 0. The largest absolute Gasteiger partial charge is 0.198 e. The molecule has 1 radical (unpaired) electrons. The van der Waals surface area contributed by atoms with E-state index in [9.17, 15) is 0 Å². The minimum absolute atomic E-state index is 0.731. The van der Waals surface area contributed by atoms with Crippen molar-refractivity contribution in [1.82, 2.24) is 0 Å². The molecule has 1 nitrogen and oxygen atoms in total. The normalized spacial score (nSPS) is 19.9. The fraction of sp³-hybridized carbons (Fsp3) is 0.750. The maximum Gasteiger partial charge on any atom is 0.0621 e. The molecule has 1 heteroatoms. The molecule has 0 aromatic rings.